The molecule has 2 rings (SSSR count). The largest absolute Gasteiger partial charge is 0.409 e. The highest BCUT2D eigenvalue weighted by molar-refractivity contribution is 5.97. The Morgan fingerprint density at radius 2 is 2.15 bits per heavy atom. The molecule has 0 spiro atoms. The first-order valence-corrected chi connectivity index (χ1v) is 6.31. The van der Waals surface area contributed by atoms with Crippen LogP contribution in [-0.4, -0.2) is 32.8 Å². The van der Waals surface area contributed by atoms with E-state index in [0.717, 1.165) is 24.2 Å². The van der Waals surface area contributed by atoms with Gasteiger partial charge in [-0.2, -0.15) is 5.10 Å². The van der Waals surface area contributed by atoms with Crippen LogP contribution in [0.2, 0.25) is 0 Å². The number of nitrogens with zero attached hydrogens (tertiary/aromatic N) is 4. The van der Waals surface area contributed by atoms with Crippen molar-refractivity contribution in [1.29, 1.82) is 0 Å². The van der Waals surface area contributed by atoms with Crippen molar-refractivity contribution in [2.24, 2.45) is 17.9 Å². The average molecular weight is 273 g/mol. The zero-order valence-corrected chi connectivity index (χ0v) is 11.7. The molecular weight excluding hydrogens is 254 g/mol. The fraction of sp³-hybridized carbons (Fsp3) is 0.286. The lowest BCUT2D eigenvalue weighted by Crippen LogP contribution is -2.18. The van der Waals surface area contributed by atoms with Gasteiger partial charge in [0.25, 0.3) is 0 Å². The molecule has 0 aliphatic carbocycles. The van der Waals surface area contributed by atoms with Gasteiger partial charge in [-0.05, 0) is 18.7 Å². The second-order valence-corrected chi connectivity index (χ2v) is 4.88. The second-order valence-electron chi connectivity index (χ2n) is 4.88. The molecule has 0 saturated heterocycles. The molecule has 20 heavy (non-hydrogen) atoms. The molecule has 6 nitrogen and oxygen atoms in total. The zero-order chi connectivity index (χ0) is 14.5. The third kappa shape index (κ3) is 3.58. The number of rotatable bonds is 5. The Balaban J connectivity index is 2.02. The van der Waals surface area contributed by atoms with Gasteiger partial charge in [-0.1, -0.05) is 23.4 Å². The smallest absolute Gasteiger partial charge is 0.170 e. The maximum absolute atomic E-state index is 8.70. The first-order valence-electron chi connectivity index (χ1n) is 6.31. The van der Waals surface area contributed by atoms with E-state index in [0.29, 0.717) is 0 Å². The Morgan fingerprint density at radius 3 is 2.80 bits per heavy atom. The van der Waals surface area contributed by atoms with E-state index >= 15 is 0 Å². The predicted molar refractivity (Wildman–Crippen MR) is 77.3 cm³/mol. The van der Waals surface area contributed by atoms with Crippen LogP contribution in [0, 0.1) is 0 Å². The van der Waals surface area contributed by atoms with E-state index in [1.807, 2.05) is 50.8 Å². The third-order valence-electron chi connectivity index (χ3n) is 2.99. The number of hydrogen-bond donors (Lipinski definition) is 2. The quantitative estimate of drug-likeness (QED) is 0.370. The standard InChI is InChI=1S/C14H19N5O/c1-18(9-12-7-16-19(2)10-12)8-11-4-3-5-13(6-11)14(15)17-20/h3-7,10,20H,8-9H2,1-2H3,(H2,15,17). The van der Waals surface area contributed by atoms with Gasteiger partial charge >= 0.3 is 0 Å². The molecule has 6 heteroatoms. The van der Waals surface area contributed by atoms with Crippen molar-refractivity contribution in [2.45, 2.75) is 13.1 Å². The monoisotopic (exact) mass is 273 g/mol. The number of hydrogen-bond acceptors (Lipinski definition) is 4. The van der Waals surface area contributed by atoms with E-state index in [1.165, 1.54) is 5.56 Å². The molecule has 3 N–H and O–H groups in total. The Morgan fingerprint density at radius 1 is 1.40 bits per heavy atom. The summed E-state index contributed by atoms with van der Waals surface area (Å²) in [5.74, 6) is 0.127. The second kappa shape index (κ2) is 6.21. The summed E-state index contributed by atoms with van der Waals surface area (Å²) in [6.45, 7) is 1.60. The summed E-state index contributed by atoms with van der Waals surface area (Å²) in [6.07, 6.45) is 3.87. The topological polar surface area (TPSA) is 79.7 Å². The molecular formula is C14H19N5O. The van der Waals surface area contributed by atoms with Crippen LogP contribution >= 0.6 is 0 Å². The van der Waals surface area contributed by atoms with Crippen molar-refractivity contribution in [3.63, 3.8) is 0 Å². The van der Waals surface area contributed by atoms with E-state index in [2.05, 4.69) is 15.2 Å². The first-order chi connectivity index (χ1) is 9.58. The van der Waals surface area contributed by atoms with Crippen molar-refractivity contribution >= 4 is 5.84 Å². The van der Waals surface area contributed by atoms with Gasteiger partial charge < -0.3 is 10.9 Å². The maximum Gasteiger partial charge on any atom is 0.170 e. The number of aryl methyl sites for hydroxylation is 1. The number of oxime groups is 1. The van der Waals surface area contributed by atoms with Crippen LogP contribution in [0.25, 0.3) is 0 Å². The van der Waals surface area contributed by atoms with Crippen molar-refractivity contribution in [3.05, 3.63) is 53.3 Å². The molecule has 106 valence electrons. The minimum absolute atomic E-state index is 0.127. The fourth-order valence-electron chi connectivity index (χ4n) is 2.12. The van der Waals surface area contributed by atoms with Crippen LogP contribution in [0.15, 0.2) is 41.8 Å². The molecule has 2 aromatic rings. The van der Waals surface area contributed by atoms with Gasteiger partial charge in [-0.15, -0.1) is 0 Å². The third-order valence-corrected chi connectivity index (χ3v) is 2.99. The Hall–Kier alpha value is -2.34. The van der Waals surface area contributed by atoms with Crippen LogP contribution in [0.5, 0.6) is 0 Å². The van der Waals surface area contributed by atoms with E-state index in [4.69, 9.17) is 10.9 Å². The van der Waals surface area contributed by atoms with Crippen LogP contribution in [0.3, 0.4) is 0 Å². The van der Waals surface area contributed by atoms with Crippen molar-refractivity contribution in [3.8, 4) is 0 Å². The summed E-state index contributed by atoms with van der Waals surface area (Å²) in [7, 11) is 3.95. The van der Waals surface area contributed by atoms with Crippen molar-refractivity contribution < 1.29 is 5.21 Å². The average Bonchev–Trinajstić information content (AvgIpc) is 2.83. The van der Waals surface area contributed by atoms with E-state index in [9.17, 15) is 0 Å². The lowest BCUT2D eigenvalue weighted by atomic mass is 10.1. The van der Waals surface area contributed by atoms with Crippen molar-refractivity contribution in [1.82, 2.24) is 14.7 Å². The molecule has 0 aliphatic rings. The van der Waals surface area contributed by atoms with Gasteiger partial charge in [0.05, 0.1) is 6.20 Å². The maximum atomic E-state index is 8.70. The minimum Gasteiger partial charge on any atom is -0.409 e. The Labute approximate surface area is 118 Å². The van der Waals surface area contributed by atoms with Crippen LogP contribution < -0.4 is 5.73 Å². The molecule has 0 radical (unpaired) electrons. The number of nitrogens with two attached hydrogens (primary N) is 1. The summed E-state index contributed by atoms with van der Waals surface area (Å²) >= 11 is 0. The molecule has 0 unspecified atom stereocenters. The molecule has 0 aliphatic heterocycles. The highest BCUT2D eigenvalue weighted by Crippen LogP contribution is 2.10. The SMILES string of the molecule is CN(Cc1cccc(C(N)=NO)c1)Cc1cnn(C)c1. The Bertz CT molecular complexity index is 605. The normalized spacial score (nSPS) is 12.1. The van der Waals surface area contributed by atoms with E-state index in [1.54, 1.807) is 4.68 Å². The van der Waals surface area contributed by atoms with Crippen LogP contribution in [0.1, 0.15) is 16.7 Å². The lowest BCUT2D eigenvalue weighted by Gasteiger charge is -2.16. The predicted octanol–water partition coefficient (Wildman–Crippen LogP) is 1.15. The summed E-state index contributed by atoms with van der Waals surface area (Å²) in [4.78, 5) is 2.18. The van der Waals surface area contributed by atoms with Gasteiger partial charge in [0.1, 0.15) is 0 Å². The zero-order valence-electron chi connectivity index (χ0n) is 11.7. The highest BCUT2D eigenvalue weighted by atomic mass is 16.4. The molecule has 1 heterocycles. The summed E-state index contributed by atoms with van der Waals surface area (Å²) in [5, 5.41) is 15.9. The van der Waals surface area contributed by atoms with Gasteiger partial charge in [0.2, 0.25) is 0 Å². The van der Waals surface area contributed by atoms with Gasteiger partial charge in [0, 0.05) is 37.5 Å². The van der Waals surface area contributed by atoms with Gasteiger partial charge in [-0.3, -0.25) is 9.58 Å². The minimum atomic E-state index is 0.127. The van der Waals surface area contributed by atoms with E-state index in [-0.39, 0.29) is 5.84 Å². The Kier molecular flexibility index (Phi) is 4.37. The fourth-order valence-corrected chi connectivity index (χ4v) is 2.12. The molecule has 1 aromatic heterocycles. The van der Waals surface area contributed by atoms with Gasteiger partial charge in [0.15, 0.2) is 5.84 Å². The molecule has 0 bridgehead atoms. The summed E-state index contributed by atoms with van der Waals surface area (Å²) < 4.78 is 1.79. The first kappa shape index (κ1) is 14.1. The van der Waals surface area contributed by atoms with Crippen LogP contribution in [-0.2, 0) is 20.1 Å². The summed E-state index contributed by atoms with van der Waals surface area (Å²) in [5.41, 5.74) is 8.60. The number of benzene rings is 1. The van der Waals surface area contributed by atoms with Crippen LogP contribution in [0.4, 0.5) is 0 Å². The number of amidine groups is 1. The molecule has 0 amide bonds. The number of aromatic nitrogens is 2. The van der Waals surface area contributed by atoms with Crippen molar-refractivity contribution in [2.75, 3.05) is 7.05 Å². The van der Waals surface area contributed by atoms with E-state index < -0.39 is 0 Å². The molecule has 1 aromatic carbocycles. The highest BCUT2D eigenvalue weighted by Gasteiger charge is 2.05. The summed E-state index contributed by atoms with van der Waals surface area (Å²) in [6, 6.07) is 7.67. The molecule has 0 saturated carbocycles. The van der Waals surface area contributed by atoms with Gasteiger partial charge in [-0.25, -0.2) is 0 Å². The lowest BCUT2D eigenvalue weighted by molar-refractivity contribution is 0.318. The molecule has 0 atom stereocenters. The molecule has 0 fully saturated rings.